The Balaban J connectivity index is 1.47. The van der Waals surface area contributed by atoms with Crippen LogP contribution < -0.4 is 5.32 Å². The lowest BCUT2D eigenvalue weighted by atomic mass is 9.96. The lowest BCUT2D eigenvalue weighted by Crippen LogP contribution is -2.66. The minimum Gasteiger partial charge on any atom is -0.394 e. The van der Waals surface area contributed by atoms with Gasteiger partial charge in [-0.1, -0.05) is 192 Å². The summed E-state index contributed by atoms with van der Waals surface area (Å²) in [6.07, 6.45) is 18.7. The maximum atomic E-state index is 13.3. The molecule has 19 nitrogen and oxygen atoms in total. The molecular formula is C60H111NO18. The molecular weight excluding hydrogens is 1020 g/mol. The lowest BCUT2D eigenvalue weighted by molar-refractivity contribution is -0.379. The van der Waals surface area contributed by atoms with E-state index in [0.29, 0.717) is 6.42 Å². The fraction of sp³-hybridized carbons (Fsp3) is 0.917. The molecule has 464 valence electrons. The van der Waals surface area contributed by atoms with Gasteiger partial charge in [-0.3, -0.25) is 4.79 Å². The molecule has 3 heterocycles. The molecule has 0 aromatic heterocycles. The van der Waals surface area contributed by atoms with E-state index in [-0.39, 0.29) is 18.9 Å². The zero-order valence-electron chi connectivity index (χ0n) is 48.4. The van der Waals surface area contributed by atoms with Crippen LogP contribution in [0.15, 0.2) is 24.3 Å². The van der Waals surface area contributed by atoms with Crippen LogP contribution in [0, 0.1) is 0 Å². The minimum absolute atomic E-state index is 0.244. The lowest BCUT2D eigenvalue weighted by Gasteiger charge is -2.48. The predicted molar refractivity (Wildman–Crippen MR) is 300 cm³/mol. The van der Waals surface area contributed by atoms with Crippen LogP contribution in [0.25, 0.3) is 0 Å². The van der Waals surface area contributed by atoms with Crippen LogP contribution >= 0.6 is 0 Å². The highest BCUT2D eigenvalue weighted by molar-refractivity contribution is 5.76. The molecule has 0 aliphatic carbocycles. The smallest absolute Gasteiger partial charge is 0.220 e. The van der Waals surface area contributed by atoms with Crippen molar-refractivity contribution in [1.82, 2.24) is 5.32 Å². The van der Waals surface area contributed by atoms with E-state index in [9.17, 15) is 61.0 Å². The summed E-state index contributed by atoms with van der Waals surface area (Å²) < 4.78 is 34.2. The molecule has 0 aromatic carbocycles. The molecule has 0 radical (unpaired) electrons. The van der Waals surface area contributed by atoms with Crippen LogP contribution in [-0.2, 0) is 33.2 Å². The van der Waals surface area contributed by atoms with Crippen molar-refractivity contribution in [2.24, 2.45) is 0 Å². The van der Waals surface area contributed by atoms with E-state index in [4.69, 9.17) is 28.4 Å². The van der Waals surface area contributed by atoms with Crippen molar-refractivity contribution in [3.05, 3.63) is 24.3 Å². The average Bonchev–Trinajstić information content (AvgIpc) is 3.45. The third-order valence-electron chi connectivity index (χ3n) is 15.7. The maximum absolute atomic E-state index is 13.3. The highest BCUT2D eigenvalue weighted by Crippen LogP contribution is 2.33. The van der Waals surface area contributed by atoms with Crippen LogP contribution in [0.2, 0.25) is 0 Å². The number of carbonyl (C=O) groups excluding carboxylic acids is 1. The van der Waals surface area contributed by atoms with Crippen molar-refractivity contribution in [3.63, 3.8) is 0 Å². The Labute approximate surface area is 473 Å². The third-order valence-corrected chi connectivity index (χ3v) is 15.7. The van der Waals surface area contributed by atoms with Crippen molar-refractivity contribution >= 4 is 5.91 Å². The maximum Gasteiger partial charge on any atom is 0.220 e. The molecule has 0 bridgehead atoms. The summed E-state index contributed by atoms with van der Waals surface area (Å²) in [5, 5.41) is 120. The van der Waals surface area contributed by atoms with Crippen molar-refractivity contribution in [1.29, 1.82) is 0 Å². The van der Waals surface area contributed by atoms with E-state index in [2.05, 4.69) is 31.3 Å². The molecule has 3 aliphatic heterocycles. The number of nitrogens with one attached hydrogen (secondary N) is 1. The number of amides is 1. The van der Waals surface area contributed by atoms with Crippen LogP contribution in [-0.4, -0.2) is 193 Å². The fourth-order valence-corrected chi connectivity index (χ4v) is 10.6. The molecule has 19 heteroatoms. The fourth-order valence-electron chi connectivity index (χ4n) is 10.6. The van der Waals surface area contributed by atoms with E-state index < -0.39 is 124 Å². The second kappa shape index (κ2) is 43.8. The Bertz CT molecular complexity index is 1540. The summed E-state index contributed by atoms with van der Waals surface area (Å²) in [4.78, 5) is 13.3. The minimum atomic E-state index is -1.98. The number of aliphatic hydroxyl groups is 11. The number of aliphatic hydroxyl groups excluding tert-OH is 11. The van der Waals surface area contributed by atoms with Crippen molar-refractivity contribution in [3.8, 4) is 0 Å². The molecule has 0 spiro atoms. The highest BCUT2D eigenvalue weighted by Gasteiger charge is 2.53. The zero-order chi connectivity index (χ0) is 57.6. The summed E-state index contributed by atoms with van der Waals surface area (Å²) in [7, 11) is 0. The molecule has 79 heavy (non-hydrogen) atoms. The Kier molecular flexibility index (Phi) is 39.7. The van der Waals surface area contributed by atoms with Crippen LogP contribution in [0.4, 0.5) is 0 Å². The van der Waals surface area contributed by atoms with Gasteiger partial charge in [0.1, 0.15) is 73.2 Å². The number of hydrogen-bond donors (Lipinski definition) is 12. The molecule has 17 unspecified atom stereocenters. The van der Waals surface area contributed by atoms with Crippen LogP contribution in [0.3, 0.4) is 0 Å². The van der Waals surface area contributed by atoms with Gasteiger partial charge in [-0.25, -0.2) is 0 Å². The molecule has 1 amide bonds. The Hall–Kier alpha value is -1.73. The first kappa shape index (κ1) is 71.5. The third kappa shape index (κ3) is 27.7. The number of ether oxygens (including phenoxy) is 6. The summed E-state index contributed by atoms with van der Waals surface area (Å²) in [5.74, 6) is -0.276. The van der Waals surface area contributed by atoms with Gasteiger partial charge in [0, 0.05) is 6.42 Å². The van der Waals surface area contributed by atoms with Gasteiger partial charge in [-0.15, -0.1) is 0 Å². The molecule has 3 aliphatic rings. The first-order valence-electron chi connectivity index (χ1n) is 31.1. The number of carbonyl (C=O) groups is 1. The highest BCUT2D eigenvalue weighted by atomic mass is 16.8. The number of unbranched alkanes of at least 4 members (excludes halogenated alkanes) is 28. The largest absolute Gasteiger partial charge is 0.394 e. The van der Waals surface area contributed by atoms with E-state index in [0.717, 1.165) is 44.9 Å². The standard InChI is InChI=1S/C60H111NO18/c1-3-5-7-9-11-13-15-17-18-19-20-21-22-23-24-26-28-30-32-34-36-38-48(66)61-43(44(65)37-35-33-31-29-27-25-16-14-12-10-8-6-4-2)42-74-58-54(72)51(69)56(46(40-63)76-58)79-60-55(73)52(70)57(47(41-64)77-60)78-59-53(71)50(68)49(67)45(39-62)75-59/h17-18,35,37,43-47,49-60,62-65,67-73H,3-16,19-34,36,38-42H2,1-2H3,(H,61,66)/b18-17+,37-35+. The Morgan fingerprint density at radius 1 is 0.443 bits per heavy atom. The normalized spacial score (nSPS) is 30.4. The Morgan fingerprint density at radius 3 is 1.23 bits per heavy atom. The second-order valence-corrected chi connectivity index (χ2v) is 22.5. The second-order valence-electron chi connectivity index (χ2n) is 22.5. The Morgan fingerprint density at radius 2 is 0.797 bits per heavy atom. The van der Waals surface area contributed by atoms with Gasteiger partial charge in [0.15, 0.2) is 18.9 Å². The molecule has 3 rings (SSSR count). The van der Waals surface area contributed by atoms with Gasteiger partial charge >= 0.3 is 0 Å². The quantitative estimate of drug-likeness (QED) is 0.0248. The zero-order valence-corrected chi connectivity index (χ0v) is 48.4. The van der Waals surface area contributed by atoms with E-state index in [1.54, 1.807) is 6.08 Å². The van der Waals surface area contributed by atoms with Crippen LogP contribution in [0.1, 0.15) is 219 Å². The number of rotatable bonds is 46. The summed E-state index contributed by atoms with van der Waals surface area (Å²) in [5.41, 5.74) is 0. The summed E-state index contributed by atoms with van der Waals surface area (Å²) in [6, 6.07) is -0.970. The van der Waals surface area contributed by atoms with Gasteiger partial charge in [0.05, 0.1) is 38.6 Å². The van der Waals surface area contributed by atoms with Gasteiger partial charge in [0.2, 0.25) is 5.91 Å². The van der Waals surface area contributed by atoms with Crippen LogP contribution in [0.5, 0.6) is 0 Å². The van der Waals surface area contributed by atoms with Gasteiger partial charge in [-0.2, -0.15) is 0 Å². The SMILES string of the molecule is CCCCCCCC/C=C/CCCCCCCCCCCCCC(=O)NC(COC1OC(CO)C(OC2OC(CO)C(OC3OC(CO)C(O)C(O)C3O)C(O)C2O)C(O)C1O)C(O)/C=C/CCCCCCCCCCCCC. The van der Waals surface area contributed by atoms with Crippen molar-refractivity contribution in [2.75, 3.05) is 26.4 Å². The number of allylic oxidation sites excluding steroid dienone is 3. The average molecular weight is 1130 g/mol. The van der Waals surface area contributed by atoms with Gasteiger partial charge in [-0.05, 0) is 44.9 Å². The van der Waals surface area contributed by atoms with E-state index in [1.807, 2.05) is 6.08 Å². The first-order chi connectivity index (χ1) is 38.3. The topological polar surface area (TPSA) is 307 Å². The van der Waals surface area contributed by atoms with Crippen molar-refractivity contribution < 1.29 is 89.4 Å². The van der Waals surface area contributed by atoms with Crippen molar-refractivity contribution in [2.45, 2.75) is 324 Å². The summed E-state index contributed by atoms with van der Waals surface area (Å²) >= 11 is 0. The van der Waals surface area contributed by atoms with E-state index in [1.165, 1.54) is 148 Å². The molecule has 12 N–H and O–H groups in total. The monoisotopic (exact) mass is 1130 g/mol. The molecule has 0 aromatic rings. The molecule has 3 fully saturated rings. The predicted octanol–water partition coefficient (Wildman–Crippen LogP) is 5.93. The van der Waals surface area contributed by atoms with Gasteiger partial charge < -0.3 is 89.9 Å². The number of hydrogen-bond acceptors (Lipinski definition) is 18. The molecule has 3 saturated heterocycles. The van der Waals surface area contributed by atoms with Gasteiger partial charge in [0.25, 0.3) is 0 Å². The summed E-state index contributed by atoms with van der Waals surface area (Å²) in [6.45, 7) is 1.72. The molecule has 17 atom stereocenters. The first-order valence-corrected chi connectivity index (χ1v) is 31.1. The van der Waals surface area contributed by atoms with E-state index >= 15 is 0 Å². The molecule has 0 saturated carbocycles.